The van der Waals surface area contributed by atoms with Crippen LogP contribution in [0.2, 0.25) is 0 Å². The van der Waals surface area contributed by atoms with E-state index < -0.39 is 11.9 Å². The third-order valence-corrected chi connectivity index (χ3v) is 2.85. The molecule has 2 aromatic rings. The normalized spacial score (nSPS) is 10.0. The van der Waals surface area contributed by atoms with Crippen molar-refractivity contribution in [3.63, 3.8) is 0 Å². The van der Waals surface area contributed by atoms with Gasteiger partial charge >= 0.3 is 5.97 Å². The highest BCUT2D eigenvalue weighted by molar-refractivity contribution is 5.94. The van der Waals surface area contributed by atoms with E-state index in [0.717, 1.165) is 5.56 Å². The van der Waals surface area contributed by atoms with Gasteiger partial charge in [0.1, 0.15) is 0 Å². The lowest BCUT2D eigenvalue weighted by Gasteiger charge is -2.05. The Morgan fingerprint density at radius 3 is 2.43 bits per heavy atom. The number of nitrogens with zero attached hydrogens (tertiary/aromatic N) is 1. The van der Waals surface area contributed by atoms with E-state index in [-0.39, 0.29) is 6.61 Å². The molecule has 0 saturated heterocycles. The molecule has 114 valence electrons. The van der Waals surface area contributed by atoms with Gasteiger partial charge < -0.3 is 10.1 Å². The summed E-state index contributed by atoms with van der Waals surface area (Å²) in [6.07, 6.45) is 2.88. The third kappa shape index (κ3) is 5.48. The number of amides is 1. The minimum Gasteiger partial charge on any atom is -0.452 e. The second-order valence-corrected chi connectivity index (χ2v) is 4.59. The van der Waals surface area contributed by atoms with Crippen LogP contribution in [0.15, 0.2) is 60.7 Å². The lowest BCUT2D eigenvalue weighted by atomic mass is 10.2. The van der Waals surface area contributed by atoms with Gasteiger partial charge in [-0.25, -0.2) is 4.79 Å². The second kappa shape index (κ2) is 8.15. The summed E-state index contributed by atoms with van der Waals surface area (Å²) in [5, 5.41) is 11.3. The first kappa shape index (κ1) is 16.0. The molecule has 0 atom stereocenters. The monoisotopic (exact) mass is 306 g/mol. The Balaban J connectivity index is 1.78. The maximum atomic E-state index is 11.7. The van der Waals surface area contributed by atoms with Crippen molar-refractivity contribution < 1.29 is 14.3 Å². The summed E-state index contributed by atoms with van der Waals surface area (Å²) < 4.78 is 4.85. The zero-order chi connectivity index (χ0) is 16.5. The van der Waals surface area contributed by atoms with Crippen LogP contribution < -0.4 is 5.32 Å². The summed E-state index contributed by atoms with van der Waals surface area (Å²) in [4.78, 5) is 23.2. The fraction of sp³-hybridized carbons (Fsp3) is 0.0556. The maximum absolute atomic E-state index is 11.7. The molecule has 0 heterocycles. The Bertz CT molecular complexity index is 744. The van der Waals surface area contributed by atoms with E-state index in [9.17, 15) is 9.59 Å². The lowest BCUT2D eigenvalue weighted by molar-refractivity contribution is -0.142. The van der Waals surface area contributed by atoms with Crippen LogP contribution in [0.25, 0.3) is 6.08 Å². The molecule has 0 fully saturated rings. The van der Waals surface area contributed by atoms with Crippen molar-refractivity contribution in [2.24, 2.45) is 0 Å². The topological polar surface area (TPSA) is 79.2 Å². The molecule has 1 N–H and O–H groups in total. The van der Waals surface area contributed by atoms with E-state index in [1.54, 1.807) is 30.3 Å². The van der Waals surface area contributed by atoms with Gasteiger partial charge in [-0.3, -0.25) is 4.79 Å². The molecule has 5 nitrogen and oxygen atoms in total. The Labute approximate surface area is 133 Å². The van der Waals surface area contributed by atoms with E-state index in [1.165, 1.54) is 6.08 Å². The first-order chi connectivity index (χ1) is 11.2. The number of hydrogen-bond acceptors (Lipinski definition) is 4. The standard InChI is InChI=1S/C18H14N2O3/c19-12-15-6-9-16(10-7-15)20-17(21)13-23-18(22)11-8-14-4-2-1-3-5-14/h1-11H,13H2,(H,20,21)/b11-8+. The summed E-state index contributed by atoms with van der Waals surface area (Å²) in [5.74, 6) is -1.04. The van der Waals surface area contributed by atoms with E-state index in [4.69, 9.17) is 10.00 Å². The molecule has 23 heavy (non-hydrogen) atoms. The molecule has 0 spiro atoms. The van der Waals surface area contributed by atoms with E-state index >= 15 is 0 Å². The molecule has 0 aromatic heterocycles. The van der Waals surface area contributed by atoms with Crippen LogP contribution in [-0.2, 0) is 14.3 Å². The Morgan fingerprint density at radius 1 is 1.09 bits per heavy atom. The number of carbonyl (C=O) groups excluding carboxylic acids is 2. The van der Waals surface area contributed by atoms with Crippen LogP contribution in [-0.4, -0.2) is 18.5 Å². The van der Waals surface area contributed by atoms with Crippen molar-refractivity contribution in [1.29, 1.82) is 5.26 Å². The van der Waals surface area contributed by atoms with Gasteiger partial charge in [0, 0.05) is 11.8 Å². The zero-order valence-corrected chi connectivity index (χ0v) is 12.2. The van der Waals surface area contributed by atoms with Crippen molar-refractivity contribution in [2.75, 3.05) is 11.9 Å². The van der Waals surface area contributed by atoms with E-state index in [2.05, 4.69) is 5.32 Å². The molecule has 0 radical (unpaired) electrons. The van der Waals surface area contributed by atoms with Gasteiger partial charge in [0.2, 0.25) is 0 Å². The first-order valence-corrected chi connectivity index (χ1v) is 6.87. The van der Waals surface area contributed by atoms with Gasteiger partial charge in [-0.1, -0.05) is 30.3 Å². The fourth-order valence-corrected chi connectivity index (χ4v) is 1.74. The SMILES string of the molecule is N#Cc1ccc(NC(=O)COC(=O)/C=C/c2ccccc2)cc1. The van der Waals surface area contributed by atoms with Crippen LogP contribution in [0.5, 0.6) is 0 Å². The predicted octanol–water partition coefficient (Wildman–Crippen LogP) is 2.75. The van der Waals surface area contributed by atoms with Gasteiger partial charge in [0.15, 0.2) is 6.61 Å². The van der Waals surface area contributed by atoms with Crippen LogP contribution >= 0.6 is 0 Å². The summed E-state index contributed by atoms with van der Waals surface area (Å²) >= 11 is 0. The van der Waals surface area contributed by atoms with E-state index in [0.29, 0.717) is 11.3 Å². The van der Waals surface area contributed by atoms with Crippen molar-refractivity contribution in [3.05, 3.63) is 71.8 Å². The number of carbonyl (C=O) groups is 2. The summed E-state index contributed by atoms with van der Waals surface area (Å²) in [7, 11) is 0. The molecule has 0 aliphatic rings. The van der Waals surface area contributed by atoms with Crippen molar-refractivity contribution in [1.82, 2.24) is 0 Å². The number of benzene rings is 2. The van der Waals surface area contributed by atoms with Crippen molar-refractivity contribution >= 4 is 23.6 Å². The quantitative estimate of drug-likeness (QED) is 0.680. The predicted molar refractivity (Wildman–Crippen MR) is 86.2 cm³/mol. The minimum absolute atomic E-state index is 0.377. The minimum atomic E-state index is -0.594. The number of esters is 1. The molecule has 0 aliphatic carbocycles. The molecule has 1 amide bonds. The maximum Gasteiger partial charge on any atom is 0.331 e. The summed E-state index contributed by atoms with van der Waals surface area (Å²) in [5.41, 5.74) is 1.90. The third-order valence-electron chi connectivity index (χ3n) is 2.85. The number of ether oxygens (including phenoxy) is 1. The number of anilines is 1. The molecule has 0 saturated carbocycles. The van der Waals surface area contributed by atoms with Gasteiger partial charge in [-0.15, -0.1) is 0 Å². The van der Waals surface area contributed by atoms with Crippen LogP contribution in [0, 0.1) is 11.3 Å². The number of nitriles is 1. The van der Waals surface area contributed by atoms with Crippen molar-refractivity contribution in [2.45, 2.75) is 0 Å². The Hall–Kier alpha value is -3.39. The van der Waals surface area contributed by atoms with Crippen LogP contribution in [0.1, 0.15) is 11.1 Å². The largest absolute Gasteiger partial charge is 0.452 e. The highest BCUT2D eigenvalue weighted by atomic mass is 16.5. The molecule has 0 bridgehead atoms. The highest BCUT2D eigenvalue weighted by Crippen LogP contribution is 2.08. The lowest BCUT2D eigenvalue weighted by Crippen LogP contribution is -2.20. The Morgan fingerprint density at radius 2 is 1.78 bits per heavy atom. The van der Waals surface area contributed by atoms with Gasteiger partial charge in [-0.2, -0.15) is 5.26 Å². The molecular weight excluding hydrogens is 292 g/mol. The number of rotatable bonds is 5. The van der Waals surface area contributed by atoms with Crippen LogP contribution in [0.3, 0.4) is 0 Å². The van der Waals surface area contributed by atoms with Crippen molar-refractivity contribution in [3.8, 4) is 6.07 Å². The van der Waals surface area contributed by atoms with E-state index in [1.807, 2.05) is 36.4 Å². The zero-order valence-electron chi connectivity index (χ0n) is 12.2. The van der Waals surface area contributed by atoms with Gasteiger partial charge in [-0.05, 0) is 35.9 Å². The fourth-order valence-electron chi connectivity index (χ4n) is 1.74. The first-order valence-electron chi connectivity index (χ1n) is 6.87. The van der Waals surface area contributed by atoms with Gasteiger partial charge in [0.05, 0.1) is 11.6 Å². The Kier molecular flexibility index (Phi) is 5.67. The number of hydrogen-bond donors (Lipinski definition) is 1. The summed E-state index contributed by atoms with van der Waals surface area (Å²) in [6, 6.07) is 17.7. The summed E-state index contributed by atoms with van der Waals surface area (Å²) in [6.45, 7) is -0.377. The molecule has 2 rings (SSSR count). The molecule has 5 heteroatoms. The average molecular weight is 306 g/mol. The second-order valence-electron chi connectivity index (χ2n) is 4.59. The molecule has 0 unspecified atom stereocenters. The number of nitrogens with one attached hydrogen (secondary N) is 1. The average Bonchev–Trinajstić information content (AvgIpc) is 2.60. The smallest absolute Gasteiger partial charge is 0.331 e. The molecular formula is C18H14N2O3. The van der Waals surface area contributed by atoms with Crippen LogP contribution in [0.4, 0.5) is 5.69 Å². The molecule has 0 aliphatic heterocycles. The highest BCUT2D eigenvalue weighted by Gasteiger charge is 2.05. The van der Waals surface area contributed by atoms with Gasteiger partial charge in [0.25, 0.3) is 5.91 Å². The molecule has 2 aromatic carbocycles.